The van der Waals surface area contributed by atoms with Crippen LogP contribution in [0.15, 0.2) is 30.3 Å². The fourth-order valence-corrected chi connectivity index (χ4v) is 1.68. The molecule has 82 valence electrons. The molecule has 3 heteroatoms. The van der Waals surface area contributed by atoms with Crippen LogP contribution < -0.4 is 4.74 Å². The van der Waals surface area contributed by atoms with E-state index in [-0.39, 0.29) is 11.7 Å². The van der Waals surface area contributed by atoms with Crippen LogP contribution in [0.2, 0.25) is 0 Å². The van der Waals surface area contributed by atoms with E-state index in [2.05, 4.69) is 0 Å². The van der Waals surface area contributed by atoms with Crippen molar-refractivity contribution in [2.75, 3.05) is 0 Å². The van der Waals surface area contributed by atoms with Gasteiger partial charge in [0.2, 0.25) is 0 Å². The van der Waals surface area contributed by atoms with E-state index in [0.717, 1.165) is 10.8 Å². The zero-order valence-corrected chi connectivity index (χ0v) is 9.15. The molecule has 0 radical (unpaired) electrons. The quantitative estimate of drug-likeness (QED) is 0.589. The van der Waals surface area contributed by atoms with E-state index in [1.54, 1.807) is 13.0 Å². The Labute approximate surface area is 93.3 Å². The number of benzene rings is 2. The van der Waals surface area contributed by atoms with Crippen molar-refractivity contribution in [2.45, 2.75) is 13.8 Å². The third kappa shape index (κ3) is 1.72. The summed E-state index contributed by atoms with van der Waals surface area (Å²) in [5, 5.41) is 11.4. The Morgan fingerprint density at radius 1 is 1.31 bits per heavy atom. The van der Waals surface area contributed by atoms with Crippen molar-refractivity contribution < 1.29 is 14.6 Å². The summed E-state index contributed by atoms with van der Waals surface area (Å²) < 4.78 is 5.14. The van der Waals surface area contributed by atoms with Crippen molar-refractivity contribution in [2.24, 2.45) is 0 Å². The van der Waals surface area contributed by atoms with Crippen LogP contribution in [0.4, 0.5) is 0 Å². The van der Waals surface area contributed by atoms with Crippen molar-refractivity contribution in [1.29, 1.82) is 0 Å². The Bertz CT molecular complexity index is 558. The van der Waals surface area contributed by atoms with E-state index < -0.39 is 0 Å². The number of esters is 1. The van der Waals surface area contributed by atoms with Gasteiger partial charge in [0.25, 0.3) is 0 Å². The average Bonchev–Trinajstić information content (AvgIpc) is 2.24. The summed E-state index contributed by atoms with van der Waals surface area (Å²) in [6.07, 6.45) is 0. The molecule has 0 aliphatic rings. The first-order valence-electron chi connectivity index (χ1n) is 4.99. The monoisotopic (exact) mass is 216 g/mol. The van der Waals surface area contributed by atoms with Gasteiger partial charge in [-0.3, -0.25) is 4.79 Å². The van der Waals surface area contributed by atoms with E-state index in [0.29, 0.717) is 11.3 Å². The zero-order chi connectivity index (χ0) is 11.7. The molecule has 0 unspecified atom stereocenters. The highest BCUT2D eigenvalue weighted by Crippen LogP contribution is 2.35. The molecule has 0 aliphatic heterocycles. The number of carbonyl (C=O) groups excluding carboxylic acids is 1. The Hall–Kier alpha value is -2.03. The first kappa shape index (κ1) is 10.5. The standard InChI is InChI=1S/C13H12O3/c1-8-12(15)7-10-5-3-4-6-11(10)13(8)16-9(2)14/h3-7,15H,1-2H3. The summed E-state index contributed by atoms with van der Waals surface area (Å²) >= 11 is 0. The third-order valence-electron chi connectivity index (χ3n) is 2.47. The van der Waals surface area contributed by atoms with Crippen molar-refractivity contribution in [3.05, 3.63) is 35.9 Å². The molecule has 3 nitrogen and oxygen atoms in total. The van der Waals surface area contributed by atoms with Gasteiger partial charge in [-0.15, -0.1) is 0 Å². The largest absolute Gasteiger partial charge is 0.508 e. The van der Waals surface area contributed by atoms with Gasteiger partial charge in [0.15, 0.2) is 0 Å². The van der Waals surface area contributed by atoms with Crippen LogP contribution in [-0.2, 0) is 4.79 Å². The first-order valence-corrected chi connectivity index (χ1v) is 4.99. The van der Waals surface area contributed by atoms with Crippen LogP contribution in [0.5, 0.6) is 11.5 Å². The second-order valence-corrected chi connectivity index (χ2v) is 3.66. The fourth-order valence-electron chi connectivity index (χ4n) is 1.68. The average molecular weight is 216 g/mol. The van der Waals surface area contributed by atoms with Gasteiger partial charge < -0.3 is 9.84 Å². The number of carbonyl (C=O) groups is 1. The molecule has 0 amide bonds. The smallest absolute Gasteiger partial charge is 0.308 e. The predicted octanol–water partition coefficient (Wildman–Crippen LogP) is 2.78. The number of fused-ring (bicyclic) bond motifs is 1. The molecule has 0 aliphatic carbocycles. The lowest BCUT2D eigenvalue weighted by Gasteiger charge is -2.11. The molecule has 2 rings (SSSR count). The molecule has 0 fully saturated rings. The van der Waals surface area contributed by atoms with Crippen LogP contribution in [-0.4, -0.2) is 11.1 Å². The molecule has 1 N–H and O–H groups in total. The topological polar surface area (TPSA) is 46.5 Å². The number of hydrogen-bond acceptors (Lipinski definition) is 3. The normalized spacial score (nSPS) is 10.4. The van der Waals surface area contributed by atoms with Gasteiger partial charge in [-0.25, -0.2) is 0 Å². The number of phenolic OH excluding ortho intramolecular Hbond substituents is 1. The highest BCUT2D eigenvalue weighted by molar-refractivity contribution is 5.93. The van der Waals surface area contributed by atoms with Gasteiger partial charge in [0, 0.05) is 17.9 Å². The maximum Gasteiger partial charge on any atom is 0.308 e. The maximum absolute atomic E-state index is 11.0. The molecule has 2 aromatic rings. The predicted molar refractivity (Wildman–Crippen MR) is 61.7 cm³/mol. The number of phenols is 1. The van der Waals surface area contributed by atoms with Gasteiger partial charge in [-0.05, 0) is 18.4 Å². The summed E-state index contributed by atoms with van der Waals surface area (Å²) in [4.78, 5) is 11.0. The van der Waals surface area contributed by atoms with Gasteiger partial charge in [0.05, 0.1) is 0 Å². The van der Waals surface area contributed by atoms with Crippen LogP contribution >= 0.6 is 0 Å². The zero-order valence-electron chi connectivity index (χ0n) is 9.15. The molecule has 0 saturated heterocycles. The molecule has 0 spiro atoms. The molecule has 0 heterocycles. The highest BCUT2D eigenvalue weighted by Gasteiger charge is 2.12. The minimum atomic E-state index is -0.390. The Morgan fingerprint density at radius 2 is 2.00 bits per heavy atom. The molecule has 16 heavy (non-hydrogen) atoms. The molecule has 2 aromatic carbocycles. The third-order valence-corrected chi connectivity index (χ3v) is 2.47. The van der Waals surface area contributed by atoms with Crippen molar-refractivity contribution in [1.82, 2.24) is 0 Å². The summed E-state index contributed by atoms with van der Waals surface area (Å²) in [6.45, 7) is 3.07. The van der Waals surface area contributed by atoms with Crippen molar-refractivity contribution in [3.63, 3.8) is 0 Å². The minimum absolute atomic E-state index is 0.134. The summed E-state index contributed by atoms with van der Waals surface area (Å²) in [6, 6.07) is 9.12. The van der Waals surface area contributed by atoms with Crippen molar-refractivity contribution >= 4 is 16.7 Å². The molecule has 0 atom stereocenters. The molecule has 0 bridgehead atoms. The lowest BCUT2D eigenvalue weighted by molar-refractivity contribution is -0.131. The summed E-state index contributed by atoms with van der Waals surface area (Å²) in [5.41, 5.74) is 0.578. The SMILES string of the molecule is CC(=O)Oc1c(C)c(O)cc2ccccc12. The van der Waals surface area contributed by atoms with Gasteiger partial charge in [-0.2, -0.15) is 0 Å². The maximum atomic E-state index is 11.0. The number of aromatic hydroxyl groups is 1. The lowest BCUT2D eigenvalue weighted by atomic mass is 10.1. The molecular weight excluding hydrogens is 204 g/mol. The second kappa shape index (κ2) is 3.85. The molecule has 0 aromatic heterocycles. The van der Waals surface area contributed by atoms with E-state index >= 15 is 0 Å². The van der Waals surface area contributed by atoms with E-state index in [1.807, 2.05) is 24.3 Å². The Morgan fingerprint density at radius 3 is 2.69 bits per heavy atom. The van der Waals surface area contributed by atoms with Gasteiger partial charge >= 0.3 is 5.97 Å². The summed E-state index contributed by atoms with van der Waals surface area (Å²) in [7, 11) is 0. The van der Waals surface area contributed by atoms with Crippen LogP contribution in [0, 0.1) is 6.92 Å². The number of ether oxygens (including phenoxy) is 1. The number of rotatable bonds is 1. The highest BCUT2D eigenvalue weighted by atomic mass is 16.5. The fraction of sp³-hybridized carbons (Fsp3) is 0.154. The van der Waals surface area contributed by atoms with Crippen molar-refractivity contribution in [3.8, 4) is 11.5 Å². The van der Waals surface area contributed by atoms with E-state index in [1.165, 1.54) is 6.92 Å². The Kier molecular flexibility index (Phi) is 2.52. The molecule has 0 saturated carbocycles. The number of hydrogen-bond donors (Lipinski definition) is 1. The second-order valence-electron chi connectivity index (χ2n) is 3.66. The molecular formula is C13H12O3. The Balaban J connectivity index is 2.76. The first-order chi connectivity index (χ1) is 7.59. The van der Waals surface area contributed by atoms with Crippen LogP contribution in [0.3, 0.4) is 0 Å². The minimum Gasteiger partial charge on any atom is -0.508 e. The van der Waals surface area contributed by atoms with Gasteiger partial charge in [-0.1, -0.05) is 24.3 Å². The lowest BCUT2D eigenvalue weighted by Crippen LogP contribution is -2.03. The van der Waals surface area contributed by atoms with E-state index in [9.17, 15) is 9.90 Å². The van der Waals surface area contributed by atoms with E-state index in [4.69, 9.17) is 4.74 Å². The summed E-state index contributed by atoms with van der Waals surface area (Å²) in [5.74, 6) is 0.178. The van der Waals surface area contributed by atoms with Gasteiger partial charge in [0.1, 0.15) is 11.5 Å². The van der Waals surface area contributed by atoms with Crippen LogP contribution in [0.25, 0.3) is 10.8 Å². The van der Waals surface area contributed by atoms with Crippen LogP contribution in [0.1, 0.15) is 12.5 Å².